The quantitative estimate of drug-likeness (QED) is 0.740. The van der Waals surface area contributed by atoms with E-state index in [1.807, 2.05) is 12.3 Å². The summed E-state index contributed by atoms with van der Waals surface area (Å²) in [5.74, 6) is 0. The Bertz CT molecular complexity index is 726. The van der Waals surface area contributed by atoms with Crippen LogP contribution in [-0.4, -0.2) is 16.5 Å². The maximum absolute atomic E-state index is 6.30. The zero-order chi connectivity index (χ0) is 13.7. The van der Waals surface area contributed by atoms with E-state index in [2.05, 4.69) is 22.0 Å². The summed E-state index contributed by atoms with van der Waals surface area (Å²) in [4.78, 5) is 7.59. The summed E-state index contributed by atoms with van der Waals surface area (Å²) in [6, 6.07) is 6.34. The summed E-state index contributed by atoms with van der Waals surface area (Å²) in [7, 11) is 0. The van der Waals surface area contributed by atoms with E-state index in [1.165, 1.54) is 22.4 Å². The first-order chi connectivity index (χ1) is 9.74. The van der Waals surface area contributed by atoms with Crippen molar-refractivity contribution < 1.29 is 0 Å². The fourth-order valence-corrected chi connectivity index (χ4v) is 3.70. The first-order valence-electron chi connectivity index (χ1n) is 6.80. The average Bonchev–Trinajstić information content (AvgIpc) is 2.89. The average molecular weight is 301 g/mol. The molecule has 0 saturated heterocycles. The van der Waals surface area contributed by atoms with Crippen LogP contribution in [0.1, 0.15) is 17.5 Å². The first kappa shape index (κ1) is 12.3. The van der Waals surface area contributed by atoms with Crippen LogP contribution in [0.25, 0.3) is 11.1 Å². The summed E-state index contributed by atoms with van der Waals surface area (Å²) in [6.07, 6.45) is 6.64. The number of anilines is 1. The lowest BCUT2D eigenvalue weighted by atomic mass is 9.94. The molecule has 0 aliphatic carbocycles. The second-order valence-electron chi connectivity index (χ2n) is 5.29. The Morgan fingerprint density at radius 1 is 1.15 bits per heavy atom. The Balaban J connectivity index is 1.90. The molecule has 2 aliphatic rings. The van der Waals surface area contributed by atoms with Gasteiger partial charge >= 0.3 is 0 Å². The van der Waals surface area contributed by atoms with Crippen LogP contribution in [0.2, 0.25) is 5.02 Å². The van der Waals surface area contributed by atoms with E-state index in [-0.39, 0.29) is 0 Å². The first-order valence-corrected chi connectivity index (χ1v) is 7.59. The fraction of sp³-hybridized carbons (Fsp3) is 0.250. The second-order valence-corrected chi connectivity index (χ2v) is 6.17. The maximum atomic E-state index is 6.30. The van der Waals surface area contributed by atoms with Gasteiger partial charge < -0.3 is 4.90 Å². The lowest BCUT2D eigenvalue weighted by Crippen LogP contribution is -2.31. The molecule has 0 fully saturated rings. The number of hydrogen-bond acceptors (Lipinski definition) is 2. The largest absolute Gasteiger partial charge is 0.335 e. The molecule has 0 atom stereocenters. The third kappa shape index (κ3) is 1.77. The van der Waals surface area contributed by atoms with E-state index in [0.717, 1.165) is 41.4 Å². The van der Waals surface area contributed by atoms with E-state index < -0.39 is 0 Å². The molecule has 1 aromatic heterocycles. The molecule has 4 heteroatoms. The number of thiocarbonyl (C=S) groups is 1. The van der Waals surface area contributed by atoms with Crippen LogP contribution in [-0.2, 0) is 12.8 Å². The van der Waals surface area contributed by atoms with Gasteiger partial charge in [0, 0.05) is 36.6 Å². The van der Waals surface area contributed by atoms with Crippen molar-refractivity contribution in [3.8, 4) is 11.1 Å². The molecule has 3 heterocycles. The number of rotatable bonds is 1. The lowest BCUT2D eigenvalue weighted by molar-refractivity contribution is 0.943. The molecule has 0 radical (unpaired) electrons. The number of benzene rings is 1. The zero-order valence-electron chi connectivity index (χ0n) is 10.9. The van der Waals surface area contributed by atoms with E-state index in [9.17, 15) is 0 Å². The van der Waals surface area contributed by atoms with Crippen molar-refractivity contribution in [2.75, 3.05) is 11.4 Å². The van der Waals surface area contributed by atoms with Crippen molar-refractivity contribution in [3.63, 3.8) is 0 Å². The molecule has 0 unspecified atom stereocenters. The molecule has 2 aliphatic heterocycles. The van der Waals surface area contributed by atoms with Crippen molar-refractivity contribution in [1.29, 1.82) is 0 Å². The second kappa shape index (κ2) is 4.54. The molecule has 0 amide bonds. The summed E-state index contributed by atoms with van der Waals surface area (Å²) in [5.41, 5.74) is 6.32. The van der Waals surface area contributed by atoms with Gasteiger partial charge in [-0.25, -0.2) is 0 Å². The van der Waals surface area contributed by atoms with Gasteiger partial charge in [0.25, 0.3) is 0 Å². The molecule has 1 aromatic carbocycles. The molecular weight excluding hydrogens is 288 g/mol. The van der Waals surface area contributed by atoms with Gasteiger partial charge in [-0.05, 0) is 47.7 Å². The van der Waals surface area contributed by atoms with Crippen LogP contribution in [0, 0.1) is 0 Å². The van der Waals surface area contributed by atoms with E-state index in [4.69, 9.17) is 23.8 Å². The topological polar surface area (TPSA) is 16.1 Å². The van der Waals surface area contributed by atoms with Crippen LogP contribution >= 0.6 is 23.8 Å². The number of aromatic nitrogens is 1. The molecule has 0 bridgehead atoms. The highest BCUT2D eigenvalue weighted by molar-refractivity contribution is 7.80. The number of hydrogen-bond donors (Lipinski definition) is 0. The minimum Gasteiger partial charge on any atom is -0.335 e. The number of nitrogens with zero attached hydrogens (tertiary/aromatic N) is 2. The molecule has 0 spiro atoms. The molecule has 2 nitrogen and oxygen atoms in total. The Hall–Kier alpha value is -1.45. The summed E-state index contributed by atoms with van der Waals surface area (Å²) < 4.78 is 0. The van der Waals surface area contributed by atoms with Gasteiger partial charge in [0.2, 0.25) is 0 Å². The summed E-state index contributed by atoms with van der Waals surface area (Å²) >= 11 is 11.8. The van der Waals surface area contributed by atoms with Gasteiger partial charge in [0.05, 0.1) is 10.0 Å². The summed E-state index contributed by atoms with van der Waals surface area (Å²) in [5, 5.41) is 0.758. The van der Waals surface area contributed by atoms with Gasteiger partial charge in [-0.1, -0.05) is 23.8 Å². The van der Waals surface area contributed by atoms with E-state index in [0.29, 0.717) is 0 Å². The smallest absolute Gasteiger partial charge is 0.0827 e. The number of pyridine rings is 1. The van der Waals surface area contributed by atoms with Crippen LogP contribution in [0.15, 0.2) is 30.6 Å². The molecular formula is C16H13ClN2S. The Kier molecular flexibility index (Phi) is 2.79. The maximum Gasteiger partial charge on any atom is 0.0827 e. The highest BCUT2D eigenvalue weighted by Crippen LogP contribution is 2.40. The minimum absolute atomic E-state index is 0.758. The third-order valence-corrected chi connectivity index (χ3v) is 4.88. The van der Waals surface area contributed by atoms with Crippen molar-refractivity contribution in [2.45, 2.75) is 19.3 Å². The van der Waals surface area contributed by atoms with Crippen LogP contribution in [0.3, 0.4) is 0 Å². The highest BCUT2D eigenvalue weighted by Gasteiger charge is 2.29. The zero-order valence-corrected chi connectivity index (χ0v) is 12.5. The Morgan fingerprint density at radius 2 is 1.95 bits per heavy atom. The SMILES string of the molecule is S=C1CCc2cc(-c3cnccc3Cl)cc3c2N1CC3. The third-order valence-electron chi connectivity index (χ3n) is 4.13. The Labute approximate surface area is 128 Å². The summed E-state index contributed by atoms with van der Waals surface area (Å²) in [6.45, 7) is 1.02. The minimum atomic E-state index is 0.758. The number of halogens is 1. The lowest BCUT2D eigenvalue weighted by Gasteiger charge is -2.28. The molecule has 100 valence electrons. The van der Waals surface area contributed by atoms with Gasteiger partial charge in [-0.2, -0.15) is 0 Å². The van der Waals surface area contributed by atoms with Crippen molar-refractivity contribution in [3.05, 3.63) is 46.7 Å². The molecule has 0 N–H and O–H groups in total. The monoisotopic (exact) mass is 300 g/mol. The van der Waals surface area contributed by atoms with Crippen LogP contribution < -0.4 is 4.90 Å². The Morgan fingerprint density at radius 3 is 2.75 bits per heavy atom. The van der Waals surface area contributed by atoms with Gasteiger partial charge in [0.1, 0.15) is 0 Å². The predicted molar refractivity (Wildman–Crippen MR) is 86.7 cm³/mol. The predicted octanol–water partition coefficient (Wildman–Crippen LogP) is 4.04. The van der Waals surface area contributed by atoms with Crippen molar-refractivity contribution in [1.82, 2.24) is 4.98 Å². The van der Waals surface area contributed by atoms with Gasteiger partial charge in [-0.3, -0.25) is 4.98 Å². The van der Waals surface area contributed by atoms with Gasteiger partial charge in [0.15, 0.2) is 0 Å². The van der Waals surface area contributed by atoms with Crippen LogP contribution in [0.5, 0.6) is 0 Å². The standard InChI is InChI=1S/C16H13ClN2S/c17-14-3-5-18-9-13(14)12-7-10-1-2-15(20)19-6-4-11(8-12)16(10)19/h3,5,7-9H,1-2,4,6H2. The number of aryl methyl sites for hydroxylation is 1. The van der Waals surface area contributed by atoms with Crippen molar-refractivity contribution in [2.24, 2.45) is 0 Å². The fourth-order valence-electron chi connectivity index (χ4n) is 3.20. The van der Waals surface area contributed by atoms with Crippen LogP contribution in [0.4, 0.5) is 5.69 Å². The molecule has 4 rings (SSSR count). The normalized spacial score (nSPS) is 16.4. The molecule has 0 saturated carbocycles. The molecule has 2 aromatic rings. The highest BCUT2D eigenvalue weighted by atomic mass is 35.5. The van der Waals surface area contributed by atoms with E-state index in [1.54, 1.807) is 6.20 Å². The molecule has 20 heavy (non-hydrogen) atoms. The van der Waals surface area contributed by atoms with Gasteiger partial charge in [-0.15, -0.1) is 0 Å². The van der Waals surface area contributed by atoms with Crippen molar-refractivity contribution >= 4 is 34.5 Å². The van der Waals surface area contributed by atoms with E-state index >= 15 is 0 Å².